The van der Waals surface area contributed by atoms with Crippen LogP contribution < -0.4 is 10.6 Å². The number of anilines is 2. The minimum Gasteiger partial charge on any atom is -0.325 e. The Hall–Kier alpha value is -3.93. The minimum atomic E-state index is -0.413. The number of thioether (sulfide) groups is 2. The van der Waals surface area contributed by atoms with E-state index in [1.54, 1.807) is 23.9 Å². The van der Waals surface area contributed by atoms with Crippen LogP contribution >= 0.6 is 34.9 Å². The Kier molecular flexibility index (Phi) is 8.40. The van der Waals surface area contributed by atoms with Crippen molar-refractivity contribution in [2.24, 2.45) is 0 Å². The topological polar surface area (TPSA) is 114 Å². The highest BCUT2D eigenvalue weighted by atomic mass is 32.2. The maximum atomic E-state index is 12.5. The van der Waals surface area contributed by atoms with Crippen molar-refractivity contribution in [3.05, 3.63) is 101 Å². The zero-order valence-electron chi connectivity index (χ0n) is 20.5. The molecule has 1 aromatic heterocycles. The van der Waals surface area contributed by atoms with Gasteiger partial charge in [0.05, 0.1) is 26.6 Å². The summed E-state index contributed by atoms with van der Waals surface area (Å²) in [6.07, 6.45) is 0. The molecule has 0 unspecified atom stereocenters. The van der Waals surface area contributed by atoms with Crippen LogP contribution in [-0.4, -0.2) is 33.2 Å². The number of carbonyl (C=O) groups excluding carboxylic acids is 2. The van der Waals surface area contributed by atoms with Crippen LogP contribution in [0.25, 0.3) is 21.0 Å². The van der Waals surface area contributed by atoms with E-state index in [9.17, 15) is 19.7 Å². The lowest BCUT2D eigenvalue weighted by Gasteiger charge is -2.09. The first kappa shape index (κ1) is 26.7. The van der Waals surface area contributed by atoms with E-state index in [0.717, 1.165) is 36.6 Å². The Morgan fingerprint density at radius 3 is 2.44 bits per heavy atom. The Balaban J connectivity index is 1.10. The molecule has 196 valence electrons. The monoisotopic (exact) mass is 574 g/mol. The standard InChI is InChI=1S/C28H22N4O4S3/c33-26(16-37-17-27(34)30-23-7-3-5-19-4-1-2-6-22(19)23)29-20-10-13-24-25(14-20)39-28(31-24)38-15-18-8-11-21(12-9-18)32(35)36/h1-14H,15-17H2,(H,29,33)(H,30,34). The van der Waals surface area contributed by atoms with Gasteiger partial charge in [0.2, 0.25) is 11.8 Å². The molecule has 0 radical (unpaired) electrons. The van der Waals surface area contributed by atoms with Gasteiger partial charge in [0.1, 0.15) is 0 Å². The number of hydrogen-bond donors (Lipinski definition) is 2. The molecule has 0 fully saturated rings. The van der Waals surface area contributed by atoms with Crippen molar-refractivity contribution in [3.8, 4) is 0 Å². The van der Waals surface area contributed by atoms with E-state index in [1.807, 2.05) is 60.7 Å². The highest BCUT2D eigenvalue weighted by Crippen LogP contribution is 2.33. The van der Waals surface area contributed by atoms with Crippen molar-refractivity contribution < 1.29 is 14.5 Å². The summed E-state index contributed by atoms with van der Waals surface area (Å²) in [5.41, 5.74) is 3.31. The molecule has 5 rings (SSSR count). The fraction of sp³-hybridized carbons (Fsp3) is 0.107. The van der Waals surface area contributed by atoms with Gasteiger partial charge in [-0.1, -0.05) is 60.3 Å². The van der Waals surface area contributed by atoms with Gasteiger partial charge in [-0.25, -0.2) is 4.98 Å². The van der Waals surface area contributed by atoms with Crippen molar-refractivity contribution in [1.29, 1.82) is 0 Å². The van der Waals surface area contributed by atoms with Gasteiger partial charge in [0.15, 0.2) is 4.34 Å². The van der Waals surface area contributed by atoms with E-state index in [2.05, 4.69) is 15.6 Å². The minimum absolute atomic E-state index is 0.0703. The molecule has 2 amide bonds. The van der Waals surface area contributed by atoms with Crippen molar-refractivity contribution in [1.82, 2.24) is 4.98 Å². The third-order valence-corrected chi connectivity index (χ3v) is 8.86. The summed E-state index contributed by atoms with van der Waals surface area (Å²) in [4.78, 5) is 39.9. The highest BCUT2D eigenvalue weighted by molar-refractivity contribution is 8.00. The lowest BCUT2D eigenvalue weighted by molar-refractivity contribution is -0.384. The fourth-order valence-corrected chi connectivity index (χ4v) is 6.54. The number of thiazole rings is 1. The lowest BCUT2D eigenvalue weighted by Crippen LogP contribution is -2.18. The SMILES string of the molecule is O=C(CSCC(=O)Nc1cccc2ccccc12)Nc1ccc2nc(SCc3ccc([N+](=O)[O-])cc3)sc2c1. The van der Waals surface area contributed by atoms with Crippen LogP contribution in [0.3, 0.4) is 0 Å². The maximum Gasteiger partial charge on any atom is 0.269 e. The number of carbonyl (C=O) groups is 2. The molecule has 0 atom stereocenters. The summed E-state index contributed by atoms with van der Waals surface area (Å²) in [5.74, 6) is 0.621. The Labute approximate surface area is 236 Å². The van der Waals surface area contributed by atoms with Gasteiger partial charge in [-0.3, -0.25) is 19.7 Å². The summed E-state index contributed by atoms with van der Waals surface area (Å²) >= 11 is 4.33. The first-order valence-electron chi connectivity index (χ1n) is 11.9. The number of amides is 2. The largest absolute Gasteiger partial charge is 0.325 e. The summed E-state index contributed by atoms with van der Waals surface area (Å²) in [6, 6.07) is 25.7. The molecule has 0 saturated heterocycles. The molecule has 39 heavy (non-hydrogen) atoms. The number of rotatable bonds is 10. The molecule has 4 aromatic carbocycles. The van der Waals surface area contributed by atoms with E-state index >= 15 is 0 Å². The molecule has 0 spiro atoms. The van der Waals surface area contributed by atoms with Crippen LogP contribution in [0.1, 0.15) is 5.56 Å². The van der Waals surface area contributed by atoms with E-state index in [-0.39, 0.29) is 29.0 Å². The molecule has 5 aromatic rings. The van der Waals surface area contributed by atoms with E-state index in [1.165, 1.54) is 35.2 Å². The third kappa shape index (κ3) is 6.94. The summed E-state index contributed by atoms with van der Waals surface area (Å²) < 4.78 is 1.82. The Morgan fingerprint density at radius 2 is 1.64 bits per heavy atom. The third-order valence-electron chi connectivity index (χ3n) is 5.69. The average Bonchev–Trinajstić information content (AvgIpc) is 3.34. The smallest absolute Gasteiger partial charge is 0.269 e. The van der Waals surface area contributed by atoms with E-state index in [0.29, 0.717) is 11.4 Å². The molecule has 0 bridgehead atoms. The van der Waals surface area contributed by atoms with Gasteiger partial charge >= 0.3 is 0 Å². The molecule has 1 heterocycles. The average molecular weight is 575 g/mol. The second-order valence-corrected chi connectivity index (χ2v) is 11.7. The van der Waals surface area contributed by atoms with E-state index < -0.39 is 4.92 Å². The number of nitro groups is 1. The molecule has 0 saturated carbocycles. The van der Waals surface area contributed by atoms with Crippen molar-refractivity contribution in [2.45, 2.75) is 10.1 Å². The number of aromatic nitrogens is 1. The van der Waals surface area contributed by atoms with Gasteiger partial charge in [-0.15, -0.1) is 23.1 Å². The Morgan fingerprint density at radius 1 is 0.897 bits per heavy atom. The lowest BCUT2D eigenvalue weighted by atomic mass is 10.1. The number of nitro benzene ring substituents is 1. The van der Waals surface area contributed by atoms with Crippen LogP contribution in [-0.2, 0) is 15.3 Å². The molecule has 0 aliphatic rings. The van der Waals surface area contributed by atoms with Crippen LogP contribution in [0, 0.1) is 10.1 Å². The number of fused-ring (bicyclic) bond motifs is 2. The normalized spacial score (nSPS) is 11.0. The first-order valence-corrected chi connectivity index (χ1v) is 14.8. The van der Waals surface area contributed by atoms with Gasteiger partial charge in [0, 0.05) is 34.6 Å². The van der Waals surface area contributed by atoms with Crippen LogP contribution in [0.2, 0.25) is 0 Å². The van der Waals surface area contributed by atoms with Gasteiger partial charge in [-0.05, 0) is 35.2 Å². The highest BCUT2D eigenvalue weighted by Gasteiger charge is 2.11. The van der Waals surface area contributed by atoms with Crippen LogP contribution in [0.4, 0.5) is 17.1 Å². The summed E-state index contributed by atoms with van der Waals surface area (Å²) in [7, 11) is 0. The molecule has 0 aliphatic heterocycles. The van der Waals surface area contributed by atoms with E-state index in [4.69, 9.17) is 0 Å². The van der Waals surface area contributed by atoms with Crippen LogP contribution in [0.15, 0.2) is 89.3 Å². The molecular formula is C28H22N4O4S3. The molecule has 2 N–H and O–H groups in total. The molecule has 0 aliphatic carbocycles. The maximum absolute atomic E-state index is 12.5. The number of nitrogens with zero attached hydrogens (tertiary/aromatic N) is 2. The van der Waals surface area contributed by atoms with Gasteiger partial charge in [-0.2, -0.15) is 0 Å². The molecule has 11 heteroatoms. The second-order valence-electron chi connectivity index (χ2n) is 8.49. The van der Waals surface area contributed by atoms with Gasteiger partial charge < -0.3 is 10.6 Å². The second kappa shape index (κ2) is 12.3. The predicted molar refractivity (Wildman–Crippen MR) is 161 cm³/mol. The summed E-state index contributed by atoms with van der Waals surface area (Å²) in [5, 5.41) is 18.7. The molecule has 8 nitrogen and oxygen atoms in total. The zero-order valence-corrected chi connectivity index (χ0v) is 22.9. The van der Waals surface area contributed by atoms with Gasteiger partial charge in [0.25, 0.3) is 5.69 Å². The van der Waals surface area contributed by atoms with Crippen molar-refractivity contribution >= 4 is 84.7 Å². The quantitative estimate of drug-likeness (QED) is 0.105. The fourth-order valence-electron chi connectivity index (χ4n) is 3.86. The Bertz CT molecular complexity index is 1670. The first-order chi connectivity index (χ1) is 18.9. The number of benzene rings is 4. The number of hydrogen-bond acceptors (Lipinski definition) is 8. The van der Waals surface area contributed by atoms with Crippen LogP contribution in [0.5, 0.6) is 0 Å². The summed E-state index contributed by atoms with van der Waals surface area (Å²) in [6.45, 7) is 0. The predicted octanol–water partition coefficient (Wildman–Crippen LogP) is 6.96. The number of nitrogens with one attached hydrogen (secondary N) is 2. The number of non-ortho nitro benzene ring substituents is 1. The molecular weight excluding hydrogens is 553 g/mol. The van der Waals surface area contributed by atoms with Crippen molar-refractivity contribution in [2.75, 3.05) is 22.1 Å². The zero-order chi connectivity index (χ0) is 27.2. The van der Waals surface area contributed by atoms with Crippen molar-refractivity contribution in [3.63, 3.8) is 0 Å².